The zero-order valence-corrected chi connectivity index (χ0v) is 7.95. The van der Waals surface area contributed by atoms with Crippen LogP contribution in [0.15, 0.2) is 24.3 Å². The molecule has 0 fully saturated rings. The van der Waals surface area contributed by atoms with Crippen molar-refractivity contribution in [2.45, 2.75) is 17.9 Å². The normalized spacial score (nSPS) is 18.4. The summed E-state index contributed by atoms with van der Waals surface area (Å²) in [6.07, 6.45) is 7.77. The minimum Gasteiger partial charge on any atom is -0.276 e. The van der Waals surface area contributed by atoms with Crippen LogP contribution in [0.1, 0.15) is 13.8 Å². The van der Waals surface area contributed by atoms with Gasteiger partial charge in [0.25, 0.3) is 0 Å². The number of rotatable bonds is 3. The summed E-state index contributed by atoms with van der Waals surface area (Å²) in [4.78, 5) is 0. The highest BCUT2D eigenvalue weighted by Crippen LogP contribution is 2.28. The van der Waals surface area contributed by atoms with Gasteiger partial charge in [-0.1, -0.05) is 36.3 Å². The van der Waals surface area contributed by atoms with Gasteiger partial charge in [-0.25, -0.2) is 0 Å². The van der Waals surface area contributed by atoms with Gasteiger partial charge < -0.3 is 0 Å². The molecule has 0 saturated heterocycles. The number of allylic oxidation sites excluding steroid dienone is 2. The maximum Gasteiger partial charge on any atom is 0.109 e. The fourth-order valence-corrected chi connectivity index (χ4v) is 1.34. The highest BCUT2D eigenvalue weighted by atomic mass is 32.2. The van der Waals surface area contributed by atoms with Crippen molar-refractivity contribution in [3.05, 3.63) is 24.3 Å². The number of nitrogens with two attached hydrogens (primary N) is 1. The van der Waals surface area contributed by atoms with Crippen molar-refractivity contribution >= 4 is 24.6 Å². The maximum absolute atomic E-state index is 5.42. The van der Waals surface area contributed by atoms with Crippen LogP contribution in [0.2, 0.25) is 0 Å². The number of thiol groups is 1. The molecule has 0 bridgehead atoms. The van der Waals surface area contributed by atoms with Crippen LogP contribution in [-0.4, -0.2) is 4.08 Å². The van der Waals surface area contributed by atoms with Gasteiger partial charge in [0, 0.05) is 0 Å². The largest absolute Gasteiger partial charge is 0.276 e. The standard InChI is InChI=1S/C7H13NS2/c1-3-5-7(9,10-8)6-4-2/h3-6,9H,8H2,1-2H3. The van der Waals surface area contributed by atoms with Gasteiger partial charge in [-0.3, -0.25) is 5.14 Å². The Balaban J connectivity index is 4.22. The van der Waals surface area contributed by atoms with Gasteiger partial charge in [-0.15, -0.1) is 0 Å². The van der Waals surface area contributed by atoms with E-state index in [-0.39, 0.29) is 4.08 Å². The number of hydrogen-bond acceptors (Lipinski definition) is 3. The van der Waals surface area contributed by atoms with Gasteiger partial charge >= 0.3 is 0 Å². The minimum atomic E-state index is -0.330. The van der Waals surface area contributed by atoms with E-state index in [1.807, 2.05) is 38.2 Å². The molecule has 0 aromatic rings. The van der Waals surface area contributed by atoms with Crippen molar-refractivity contribution in [2.24, 2.45) is 5.14 Å². The SMILES string of the molecule is CC=CC(S)(C=CC)SN. The minimum absolute atomic E-state index is 0.330. The third-order valence-corrected chi connectivity index (χ3v) is 2.26. The zero-order chi connectivity index (χ0) is 8.04. The Bertz CT molecular complexity index is 129. The molecule has 0 rings (SSSR count). The van der Waals surface area contributed by atoms with E-state index >= 15 is 0 Å². The van der Waals surface area contributed by atoms with Crippen molar-refractivity contribution in [1.82, 2.24) is 0 Å². The summed E-state index contributed by atoms with van der Waals surface area (Å²) in [5, 5.41) is 5.42. The topological polar surface area (TPSA) is 26.0 Å². The molecule has 0 aromatic heterocycles. The molecule has 1 nitrogen and oxygen atoms in total. The van der Waals surface area contributed by atoms with Gasteiger partial charge in [0.15, 0.2) is 0 Å². The summed E-state index contributed by atoms with van der Waals surface area (Å²) in [5.74, 6) is 0. The van der Waals surface area contributed by atoms with E-state index in [0.717, 1.165) is 0 Å². The second-order valence-electron chi connectivity index (χ2n) is 1.87. The first-order valence-electron chi connectivity index (χ1n) is 3.06. The molecule has 0 aliphatic carbocycles. The zero-order valence-electron chi connectivity index (χ0n) is 6.24. The van der Waals surface area contributed by atoms with Crippen LogP contribution in [0.3, 0.4) is 0 Å². The first-order valence-corrected chi connectivity index (χ1v) is 4.39. The molecule has 3 heteroatoms. The molecule has 0 aliphatic rings. The third-order valence-electron chi connectivity index (χ3n) is 1.000. The Hall–Kier alpha value is 0.140. The van der Waals surface area contributed by atoms with E-state index in [1.54, 1.807) is 0 Å². The van der Waals surface area contributed by atoms with Gasteiger partial charge in [0.1, 0.15) is 4.08 Å². The van der Waals surface area contributed by atoms with E-state index in [2.05, 4.69) is 12.6 Å². The Morgan fingerprint density at radius 1 is 1.30 bits per heavy atom. The monoisotopic (exact) mass is 175 g/mol. The first-order chi connectivity index (χ1) is 4.68. The molecule has 58 valence electrons. The van der Waals surface area contributed by atoms with Crippen LogP contribution < -0.4 is 5.14 Å². The Kier molecular flexibility index (Phi) is 4.95. The molecule has 0 heterocycles. The molecule has 0 aliphatic heterocycles. The molecule has 0 spiro atoms. The molecular formula is C7H13NS2. The smallest absolute Gasteiger partial charge is 0.109 e. The summed E-state index contributed by atoms with van der Waals surface area (Å²) in [6.45, 7) is 3.90. The molecular weight excluding hydrogens is 162 g/mol. The van der Waals surface area contributed by atoms with Gasteiger partial charge in [0.2, 0.25) is 0 Å². The average Bonchev–Trinajstić information content (AvgIpc) is 1.89. The Morgan fingerprint density at radius 2 is 1.70 bits per heavy atom. The second kappa shape index (κ2) is 4.88. The van der Waals surface area contributed by atoms with Crippen LogP contribution in [-0.2, 0) is 0 Å². The summed E-state index contributed by atoms with van der Waals surface area (Å²) in [7, 11) is 0. The second-order valence-corrected chi connectivity index (χ2v) is 3.82. The molecule has 0 unspecified atom stereocenters. The predicted molar refractivity (Wildman–Crippen MR) is 53.1 cm³/mol. The Morgan fingerprint density at radius 3 is 1.90 bits per heavy atom. The maximum atomic E-state index is 5.42. The van der Waals surface area contributed by atoms with Crippen molar-refractivity contribution < 1.29 is 0 Å². The number of hydrogen-bond donors (Lipinski definition) is 2. The van der Waals surface area contributed by atoms with Gasteiger partial charge in [-0.2, -0.15) is 12.6 Å². The van der Waals surface area contributed by atoms with Crippen molar-refractivity contribution in [3.63, 3.8) is 0 Å². The van der Waals surface area contributed by atoms with E-state index in [4.69, 9.17) is 5.14 Å². The van der Waals surface area contributed by atoms with Crippen LogP contribution >= 0.6 is 24.6 Å². The fourth-order valence-electron chi connectivity index (χ4n) is 0.612. The summed E-state index contributed by atoms with van der Waals surface area (Å²) < 4.78 is -0.330. The molecule has 0 saturated carbocycles. The summed E-state index contributed by atoms with van der Waals surface area (Å²) >= 11 is 5.56. The third kappa shape index (κ3) is 3.34. The molecule has 2 N–H and O–H groups in total. The van der Waals surface area contributed by atoms with E-state index in [9.17, 15) is 0 Å². The molecule has 0 atom stereocenters. The highest BCUT2D eigenvalue weighted by molar-refractivity contribution is 8.10. The van der Waals surface area contributed by atoms with E-state index in [0.29, 0.717) is 0 Å². The van der Waals surface area contributed by atoms with E-state index < -0.39 is 0 Å². The molecule has 10 heavy (non-hydrogen) atoms. The van der Waals surface area contributed by atoms with Crippen LogP contribution in [0.4, 0.5) is 0 Å². The average molecular weight is 175 g/mol. The lowest BCUT2D eigenvalue weighted by Crippen LogP contribution is -2.11. The Labute approximate surface area is 72.3 Å². The molecule has 0 radical (unpaired) electrons. The van der Waals surface area contributed by atoms with Crippen molar-refractivity contribution in [2.75, 3.05) is 0 Å². The van der Waals surface area contributed by atoms with Crippen LogP contribution in [0, 0.1) is 0 Å². The summed E-state index contributed by atoms with van der Waals surface area (Å²) in [5.41, 5.74) is 0. The van der Waals surface area contributed by atoms with Crippen LogP contribution in [0.25, 0.3) is 0 Å². The summed E-state index contributed by atoms with van der Waals surface area (Å²) in [6, 6.07) is 0. The lowest BCUT2D eigenvalue weighted by Gasteiger charge is -2.15. The fraction of sp³-hybridized carbons (Fsp3) is 0.429. The van der Waals surface area contributed by atoms with Crippen molar-refractivity contribution in [3.8, 4) is 0 Å². The quantitative estimate of drug-likeness (QED) is 0.298. The van der Waals surface area contributed by atoms with Crippen molar-refractivity contribution in [1.29, 1.82) is 0 Å². The van der Waals surface area contributed by atoms with E-state index in [1.165, 1.54) is 11.9 Å². The molecule has 0 aromatic carbocycles. The lowest BCUT2D eigenvalue weighted by molar-refractivity contribution is 1.30. The van der Waals surface area contributed by atoms with Gasteiger partial charge in [-0.05, 0) is 13.8 Å². The van der Waals surface area contributed by atoms with Crippen LogP contribution in [0.5, 0.6) is 0 Å². The first kappa shape index (κ1) is 10.1. The molecule has 0 amide bonds. The lowest BCUT2D eigenvalue weighted by atomic mass is 10.3. The predicted octanol–water partition coefficient (Wildman–Crippen LogP) is 2.37. The highest BCUT2D eigenvalue weighted by Gasteiger charge is 2.15. The van der Waals surface area contributed by atoms with Gasteiger partial charge in [0.05, 0.1) is 0 Å².